The van der Waals surface area contributed by atoms with Crippen molar-refractivity contribution in [3.05, 3.63) is 0 Å². The number of rotatable bonds is 7. The van der Waals surface area contributed by atoms with E-state index in [0.717, 1.165) is 24.4 Å². The molecule has 0 aliphatic heterocycles. The van der Waals surface area contributed by atoms with E-state index >= 15 is 0 Å². The molecule has 19 heavy (non-hydrogen) atoms. The van der Waals surface area contributed by atoms with E-state index in [9.17, 15) is 5.11 Å². The van der Waals surface area contributed by atoms with Crippen molar-refractivity contribution >= 4 is 0 Å². The van der Waals surface area contributed by atoms with Crippen molar-refractivity contribution in [3.8, 4) is 0 Å². The molecular formula is C16H31NO2. The fourth-order valence-electron chi connectivity index (χ4n) is 3.67. The largest absolute Gasteiger partial charge is 0.389 e. The smallest absolute Gasteiger partial charge is 0.0897 e. The highest BCUT2D eigenvalue weighted by atomic mass is 16.5. The molecule has 0 radical (unpaired) electrons. The zero-order valence-electron chi connectivity index (χ0n) is 12.8. The SMILES string of the molecule is CC(C)(C)NC[C@@H](O)COCC[C@@H]1C[C@@H]2CC[C@@H]1C2. The Balaban J connectivity index is 1.50. The van der Waals surface area contributed by atoms with Crippen LogP contribution in [0.4, 0.5) is 0 Å². The van der Waals surface area contributed by atoms with E-state index in [1.165, 1.54) is 32.1 Å². The van der Waals surface area contributed by atoms with E-state index in [0.29, 0.717) is 13.2 Å². The van der Waals surface area contributed by atoms with E-state index in [1.807, 2.05) is 0 Å². The van der Waals surface area contributed by atoms with E-state index in [-0.39, 0.29) is 11.6 Å². The molecule has 3 nitrogen and oxygen atoms in total. The van der Waals surface area contributed by atoms with Gasteiger partial charge in [-0.05, 0) is 64.2 Å². The molecular weight excluding hydrogens is 238 g/mol. The van der Waals surface area contributed by atoms with Crippen molar-refractivity contribution in [3.63, 3.8) is 0 Å². The number of ether oxygens (including phenoxy) is 1. The molecule has 0 amide bonds. The van der Waals surface area contributed by atoms with Crippen LogP contribution in [0.25, 0.3) is 0 Å². The molecule has 0 aromatic rings. The van der Waals surface area contributed by atoms with Gasteiger partial charge in [0.05, 0.1) is 12.7 Å². The Morgan fingerprint density at radius 3 is 2.63 bits per heavy atom. The summed E-state index contributed by atoms with van der Waals surface area (Å²) in [5, 5.41) is 13.1. The van der Waals surface area contributed by atoms with Gasteiger partial charge >= 0.3 is 0 Å². The maximum atomic E-state index is 9.82. The zero-order chi connectivity index (χ0) is 13.9. The first kappa shape index (κ1) is 15.3. The Morgan fingerprint density at radius 1 is 1.26 bits per heavy atom. The summed E-state index contributed by atoms with van der Waals surface area (Å²) in [5.74, 6) is 2.92. The Labute approximate surface area is 118 Å². The molecule has 112 valence electrons. The van der Waals surface area contributed by atoms with Gasteiger partial charge in [0.15, 0.2) is 0 Å². The first-order valence-corrected chi connectivity index (χ1v) is 7.95. The van der Waals surface area contributed by atoms with Crippen molar-refractivity contribution in [1.29, 1.82) is 0 Å². The number of aliphatic hydroxyl groups excluding tert-OH is 1. The van der Waals surface area contributed by atoms with Crippen LogP contribution in [-0.2, 0) is 4.74 Å². The molecule has 2 fully saturated rings. The average molecular weight is 269 g/mol. The van der Waals surface area contributed by atoms with Crippen molar-refractivity contribution in [2.24, 2.45) is 17.8 Å². The molecule has 0 saturated heterocycles. The van der Waals surface area contributed by atoms with Gasteiger partial charge in [-0.15, -0.1) is 0 Å². The van der Waals surface area contributed by atoms with E-state index in [2.05, 4.69) is 26.1 Å². The van der Waals surface area contributed by atoms with Gasteiger partial charge in [-0.2, -0.15) is 0 Å². The average Bonchev–Trinajstić information content (AvgIpc) is 2.93. The van der Waals surface area contributed by atoms with Crippen LogP contribution in [0.3, 0.4) is 0 Å². The van der Waals surface area contributed by atoms with E-state index in [1.54, 1.807) is 0 Å². The summed E-state index contributed by atoms with van der Waals surface area (Å²) in [6.07, 6.45) is 6.64. The number of β-amino-alcohol motifs (C(OH)–C–C–N with tert-alkyl or cyclic N) is 1. The maximum Gasteiger partial charge on any atom is 0.0897 e. The standard InChI is InChI=1S/C16H31NO2/c1-16(2,3)17-10-15(18)11-19-7-6-14-9-12-4-5-13(14)8-12/h12-15,17-18H,4-11H2,1-3H3/t12-,13-,14-,15-/m1/s1. The van der Waals surface area contributed by atoms with Crippen LogP contribution < -0.4 is 5.32 Å². The minimum atomic E-state index is -0.390. The lowest BCUT2D eigenvalue weighted by Crippen LogP contribution is -2.42. The summed E-state index contributed by atoms with van der Waals surface area (Å²) < 4.78 is 5.64. The Morgan fingerprint density at radius 2 is 2.05 bits per heavy atom. The highest BCUT2D eigenvalue weighted by Gasteiger charge is 2.38. The van der Waals surface area contributed by atoms with Crippen LogP contribution in [0, 0.1) is 17.8 Å². The highest BCUT2D eigenvalue weighted by Crippen LogP contribution is 2.49. The fourth-order valence-corrected chi connectivity index (χ4v) is 3.67. The fraction of sp³-hybridized carbons (Fsp3) is 1.00. The number of fused-ring (bicyclic) bond motifs is 2. The van der Waals surface area contributed by atoms with Gasteiger partial charge in [0.25, 0.3) is 0 Å². The molecule has 2 aliphatic rings. The summed E-state index contributed by atoms with van der Waals surface area (Å²) in [4.78, 5) is 0. The third-order valence-corrected chi connectivity index (χ3v) is 4.70. The van der Waals surface area contributed by atoms with Gasteiger partial charge in [-0.25, -0.2) is 0 Å². The molecule has 2 rings (SSSR count). The van der Waals surface area contributed by atoms with Gasteiger partial charge in [0.2, 0.25) is 0 Å². The minimum absolute atomic E-state index is 0.0596. The van der Waals surface area contributed by atoms with E-state index < -0.39 is 0 Å². The van der Waals surface area contributed by atoms with Crippen LogP contribution in [0.5, 0.6) is 0 Å². The number of hydrogen-bond donors (Lipinski definition) is 2. The summed E-state index contributed by atoms with van der Waals surface area (Å²) in [6, 6.07) is 0. The Kier molecular flexibility index (Phi) is 5.27. The second-order valence-electron chi connectivity index (χ2n) is 7.58. The molecule has 3 heteroatoms. The van der Waals surface area contributed by atoms with Gasteiger partial charge in [0, 0.05) is 18.7 Å². The third kappa shape index (κ3) is 5.05. The van der Waals surface area contributed by atoms with Crippen LogP contribution in [0.1, 0.15) is 52.9 Å². The predicted octanol–water partition coefficient (Wildman–Crippen LogP) is 2.58. The lowest BCUT2D eigenvalue weighted by atomic mass is 9.87. The lowest BCUT2D eigenvalue weighted by Gasteiger charge is -2.23. The summed E-state index contributed by atoms with van der Waals surface area (Å²) in [6.45, 7) is 8.21. The first-order valence-electron chi connectivity index (χ1n) is 7.95. The molecule has 0 unspecified atom stereocenters. The zero-order valence-corrected chi connectivity index (χ0v) is 12.8. The Hall–Kier alpha value is -0.120. The first-order chi connectivity index (χ1) is 8.94. The molecule has 4 atom stereocenters. The van der Waals surface area contributed by atoms with Crippen molar-refractivity contribution < 1.29 is 9.84 Å². The number of aliphatic hydroxyl groups is 1. The normalized spacial score (nSPS) is 31.9. The van der Waals surface area contributed by atoms with Gasteiger partial charge in [0.1, 0.15) is 0 Å². The van der Waals surface area contributed by atoms with Crippen LogP contribution in [0.15, 0.2) is 0 Å². The van der Waals surface area contributed by atoms with Gasteiger partial charge < -0.3 is 15.2 Å². The topological polar surface area (TPSA) is 41.5 Å². The molecule has 2 saturated carbocycles. The highest BCUT2D eigenvalue weighted by molar-refractivity contribution is 4.89. The molecule has 2 N–H and O–H groups in total. The molecule has 0 aromatic heterocycles. The third-order valence-electron chi connectivity index (χ3n) is 4.70. The Bertz CT molecular complexity index is 274. The van der Waals surface area contributed by atoms with Crippen LogP contribution in [-0.4, -0.2) is 36.5 Å². The number of nitrogens with one attached hydrogen (secondary N) is 1. The predicted molar refractivity (Wildman–Crippen MR) is 78.1 cm³/mol. The van der Waals surface area contributed by atoms with Crippen LogP contribution in [0.2, 0.25) is 0 Å². The maximum absolute atomic E-state index is 9.82. The molecule has 0 spiro atoms. The quantitative estimate of drug-likeness (QED) is 0.698. The lowest BCUT2D eigenvalue weighted by molar-refractivity contribution is 0.0265. The molecule has 0 aromatic carbocycles. The summed E-state index contributed by atoms with van der Waals surface area (Å²) in [5.41, 5.74) is 0.0596. The van der Waals surface area contributed by atoms with E-state index in [4.69, 9.17) is 4.74 Å². The molecule has 2 bridgehead atoms. The van der Waals surface area contributed by atoms with Crippen molar-refractivity contribution in [1.82, 2.24) is 5.32 Å². The minimum Gasteiger partial charge on any atom is -0.389 e. The summed E-state index contributed by atoms with van der Waals surface area (Å²) >= 11 is 0. The van der Waals surface area contributed by atoms with Gasteiger partial charge in [-0.3, -0.25) is 0 Å². The monoisotopic (exact) mass is 269 g/mol. The second kappa shape index (κ2) is 6.55. The van der Waals surface area contributed by atoms with Crippen LogP contribution >= 0.6 is 0 Å². The second-order valence-corrected chi connectivity index (χ2v) is 7.58. The summed E-state index contributed by atoms with van der Waals surface area (Å²) in [7, 11) is 0. The van der Waals surface area contributed by atoms with Gasteiger partial charge in [-0.1, -0.05) is 6.42 Å². The number of hydrogen-bond acceptors (Lipinski definition) is 3. The van der Waals surface area contributed by atoms with Crippen molar-refractivity contribution in [2.45, 2.75) is 64.5 Å². The molecule has 0 heterocycles. The molecule has 2 aliphatic carbocycles. The van der Waals surface area contributed by atoms with Crippen molar-refractivity contribution in [2.75, 3.05) is 19.8 Å².